The minimum Gasteiger partial charge on any atom is -0.379 e. The Bertz CT molecular complexity index is 587. The van der Waals surface area contributed by atoms with Crippen LogP contribution in [0.25, 0.3) is 0 Å². The highest BCUT2D eigenvalue weighted by atomic mass is 19.1. The van der Waals surface area contributed by atoms with Gasteiger partial charge < -0.3 is 15.0 Å². The second kappa shape index (κ2) is 7.72. The van der Waals surface area contributed by atoms with E-state index < -0.39 is 0 Å². The van der Waals surface area contributed by atoms with Gasteiger partial charge in [-0.15, -0.1) is 0 Å². The molecule has 2 amide bonds. The third-order valence-corrected chi connectivity index (χ3v) is 4.47. The molecule has 1 aromatic rings. The predicted molar refractivity (Wildman–Crippen MR) is 87.1 cm³/mol. The molecule has 2 aliphatic rings. The molecule has 0 spiro atoms. The van der Waals surface area contributed by atoms with Crippen molar-refractivity contribution >= 4 is 17.5 Å². The monoisotopic (exact) mass is 335 g/mol. The van der Waals surface area contributed by atoms with Crippen molar-refractivity contribution in [3.05, 3.63) is 30.1 Å². The number of hydrogen-bond donors (Lipinski definition) is 1. The van der Waals surface area contributed by atoms with Gasteiger partial charge in [0.05, 0.1) is 19.1 Å². The van der Waals surface area contributed by atoms with Crippen molar-refractivity contribution in [2.24, 2.45) is 5.92 Å². The first kappa shape index (κ1) is 16.9. The van der Waals surface area contributed by atoms with E-state index in [0.717, 1.165) is 32.8 Å². The number of nitrogens with one attached hydrogen (secondary N) is 1. The van der Waals surface area contributed by atoms with Crippen LogP contribution in [0.15, 0.2) is 24.3 Å². The molecule has 2 fully saturated rings. The summed E-state index contributed by atoms with van der Waals surface area (Å²) in [5.41, 5.74) is 0.630. The first-order chi connectivity index (χ1) is 11.6. The van der Waals surface area contributed by atoms with Gasteiger partial charge in [-0.1, -0.05) is 0 Å². The Balaban J connectivity index is 1.47. The molecule has 0 aliphatic carbocycles. The Hall–Kier alpha value is -1.99. The maximum absolute atomic E-state index is 13.0. The molecule has 130 valence electrons. The number of carbonyl (C=O) groups is 2. The molecule has 1 N–H and O–H groups in total. The Morgan fingerprint density at radius 2 is 1.96 bits per heavy atom. The van der Waals surface area contributed by atoms with E-state index in [0.29, 0.717) is 18.8 Å². The Morgan fingerprint density at radius 1 is 1.25 bits per heavy atom. The standard InChI is InChI=1S/C17H22FN3O3/c18-14-1-3-15(4-2-14)21-12-13(11-16(21)22)17(23)19-5-6-20-7-9-24-10-8-20/h1-4,13H,5-12H2,(H,19,23)/t13-/m0/s1. The molecular weight excluding hydrogens is 313 g/mol. The van der Waals surface area contributed by atoms with Gasteiger partial charge in [0.1, 0.15) is 5.82 Å². The van der Waals surface area contributed by atoms with Gasteiger partial charge in [-0.2, -0.15) is 0 Å². The highest BCUT2D eigenvalue weighted by molar-refractivity contribution is 6.00. The third-order valence-electron chi connectivity index (χ3n) is 4.47. The summed E-state index contributed by atoms with van der Waals surface area (Å²) in [5, 5.41) is 2.91. The van der Waals surface area contributed by atoms with Crippen LogP contribution in [0, 0.1) is 11.7 Å². The summed E-state index contributed by atoms with van der Waals surface area (Å²) in [5.74, 6) is -0.897. The second-order valence-corrected chi connectivity index (χ2v) is 6.13. The molecule has 1 aromatic carbocycles. The van der Waals surface area contributed by atoms with Crippen molar-refractivity contribution < 1.29 is 18.7 Å². The van der Waals surface area contributed by atoms with E-state index in [4.69, 9.17) is 4.74 Å². The number of hydrogen-bond acceptors (Lipinski definition) is 4. The summed E-state index contributed by atoms with van der Waals surface area (Å²) in [6, 6.07) is 5.76. The summed E-state index contributed by atoms with van der Waals surface area (Å²) in [6.45, 7) is 4.94. The average molecular weight is 335 g/mol. The van der Waals surface area contributed by atoms with Crippen molar-refractivity contribution in [3.8, 4) is 0 Å². The van der Waals surface area contributed by atoms with Crippen LogP contribution in [-0.2, 0) is 14.3 Å². The molecule has 0 saturated carbocycles. The van der Waals surface area contributed by atoms with Crippen LogP contribution in [0.2, 0.25) is 0 Å². The molecule has 0 unspecified atom stereocenters. The lowest BCUT2D eigenvalue weighted by atomic mass is 10.1. The zero-order valence-corrected chi connectivity index (χ0v) is 13.5. The third kappa shape index (κ3) is 4.10. The van der Waals surface area contributed by atoms with Crippen LogP contribution in [0.5, 0.6) is 0 Å². The highest BCUT2D eigenvalue weighted by Crippen LogP contribution is 2.25. The van der Waals surface area contributed by atoms with Gasteiger partial charge in [0.2, 0.25) is 11.8 Å². The van der Waals surface area contributed by atoms with Gasteiger partial charge in [-0.3, -0.25) is 14.5 Å². The van der Waals surface area contributed by atoms with Gasteiger partial charge in [-0.25, -0.2) is 4.39 Å². The van der Waals surface area contributed by atoms with Crippen molar-refractivity contribution in [1.29, 1.82) is 0 Å². The van der Waals surface area contributed by atoms with Gasteiger partial charge in [-0.05, 0) is 24.3 Å². The lowest BCUT2D eigenvalue weighted by Crippen LogP contribution is -2.42. The van der Waals surface area contributed by atoms with E-state index in [9.17, 15) is 14.0 Å². The van der Waals surface area contributed by atoms with Crippen molar-refractivity contribution in [1.82, 2.24) is 10.2 Å². The highest BCUT2D eigenvalue weighted by Gasteiger charge is 2.34. The fourth-order valence-electron chi connectivity index (χ4n) is 3.06. The fraction of sp³-hybridized carbons (Fsp3) is 0.529. The summed E-state index contributed by atoms with van der Waals surface area (Å²) in [7, 11) is 0. The molecule has 2 heterocycles. The number of nitrogens with zero attached hydrogens (tertiary/aromatic N) is 2. The van der Waals surface area contributed by atoms with Crippen LogP contribution < -0.4 is 10.2 Å². The van der Waals surface area contributed by atoms with E-state index in [-0.39, 0.29) is 30.0 Å². The molecule has 0 aromatic heterocycles. The Labute approximate surface area is 140 Å². The molecule has 3 rings (SSSR count). The van der Waals surface area contributed by atoms with Crippen molar-refractivity contribution in [3.63, 3.8) is 0 Å². The maximum atomic E-state index is 13.0. The van der Waals surface area contributed by atoms with E-state index in [2.05, 4.69) is 10.2 Å². The van der Waals surface area contributed by atoms with Crippen molar-refractivity contribution in [2.75, 3.05) is 50.8 Å². The summed E-state index contributed by atoms with van der Waals surface area (Å²) >= 11 is 0. The lowest BCUT2D eigenvalue weighted by molar-refractivity contribution is -0.126. The van der Waals surface area contributed by atoms with Gasteiger partial charge in [0.25, 0.3) is 0 Å². The summed E-state index contributed by atoms with van der Waals surface area (Å²) in [6.07, 6.45) is 0.195. The Morgan fingerprint density at radius 3 is 2.67 bits per heavy atom. The van der Waals surface area contributed by atoms with Crippen LogP contribution in [0.3, 0.4) is 0 Å². The first-order valence-electron chi connectivity index (χ1n) is 8.27. The van der Waals surface area contributed by atoms with Crippen molar-refractivity contribution in [2.45, 2.75) is 6.42 Å². The smallest absolute Gasteiger partial charge is 0.227 e. The molecule has 0 radical (unpaired) electrons. The number of ether oxygens (including phenoxy) is 1. The van der Waals surface area contributed by atoms with Crippen LogP contribution in [0.4, 0.5) is 10.1 Å². The zero-order valence-electron chi connectivity index (χ0n) is 13.5. The number of carbonyl (C=O) groups excluding carboxylic acids is 2. The molecule has 2 saturated heterocycles. The topological polar surface area (TPSA) is 61.9 Å². The Kier molecular flexibility index (Phi) is 5.42. The predicted octanol–water partition coefficient (Wildman–Crippen LogP) is 0.627. The average Bonchev–Trinajstić information content (AvgIpc) is 2.98. The molecule has 2 aliphatic heterocycles. The number of halogens is 1. The normalized spacial score (nSPS) is 22.0. The number of benzene rings is 1. The largest absolute Gasteiger partial charge is 0.379 e. The summed E-state index contributed by atoms with van der Waals surface area (Å²) in [4.78, 5) is 28.2. The van der Waals surface area contributed by atoms with E-state index in [1.165, 1.54) is 12.1 Å². The number of morpholine rings is 1. The maximum Gasteiger partial charge on any atom is 0.227 e. The number of amides is 2. The molecule has 24 heavy (non-hydrogen) atoms. The summed E-state index contributed by atoms with van der Waals surface area (Å²) < 4.78 is 18.3. The fourth-order valence-corrected chi connectivity index (χ4v) is 3.06. The SMILES string of the molecule is O=C(NCCN1CCOCC1)[C@H]1CC(=O)N(c2ccc(F)cc2)C1. The van der Waals surface area contributed by atoms with Crippen LogP contribution >= 0.6 is 0 Å². The number of anilines is 1. The lowest BCUT2D eigenvalue weighted by Gasteiger charge is -2.26. The first-order valence-corrected chi connectivity index (χ1v) is 8.27. The number of rotatable bonds is 5. The van der Waals surface area contributed by atoms with E-state index in [1.807, 2.05) is 0 Å². The van der Waals surface area contributed by atoms with Gasteiger partial charge in [0, 0.05) is 44.8 Å². The molecule has 6 nitrogen and oxygen atoms in total. The minimum atomic E-state index is -0.354. The zero-order chi connectivity index (χ0) is 16.9. The van der Waals surface area contributed by atoms with E-state index >= 15 is 0 Å². The second-order valence-electron chi connectivity index (χ2n) is 6.13. The molecular formula is C17H22FN3O3. The quantitative estimate of drug-likeness (QED) is 0.857. The molecule has 0 bridgehead atoms. The van der Waals surface area contributed by atoms with Gasteiger partial charge >= 0.3 is 0 Å². The van der Waals surface area contributed by atoms with Crippen LogP contribution in [0.1, 0.15) is 6.42 Å². The van der Waals surface area contributed by atoms with Crippen LogP contribution in [-0.4, -0.2) is 62.7 Å². The van der Waals surface area contributed by atoms with E-state index in [1.54, 1.807) is 17.0 Å². The molecule has 7 heteroatoms. The van der Waals surface area contributed by atoms with Gasteiger partial charge in [0.15, 0.2) is 0 Å². The molecule has 1 atom stereocenters. The minimum absolute atomic E-state index is 0.0961.